The van der Waals surface area contributed by atoms with E-state index in [1.54, 1.807) is 12.1 Å². The highest BCUT2D eigenvalue weighted by molar-refractivity contribution is 6.29. The average molecular weight is 269 g/mol. The molecule has 0 saturated carbocycles. The molecule has 0 bridgehead atoms. The van der Waals surface area contributed by atoms with Gasteiger partial charge in [0.25, 0.3) is 0 Å². The quantitative estimate of drug-likeness (QED) is 0.878. The van der Waals surface area contributed by atoms with Crippen LogP contribution in [0.15, 0.2) is 12.1 Å². The van der Waals surface area contributed by atoms with Crippen LogP contribution in [0.1, 0.15) is 26.2 Å². The van der Waals surface area contributed by atoms with Crippen molar-refractivity contribution in [2.24, 2.45) is 5.41 Å². The van der Waals surface area contributed by atoms with E-state index in [-0.39, 0.29) is 11.3 Å². The summed E-state index contributed by atoms with van der Waals surface area (Å²) in [5.74, 6) is 0.455. The van der Waals surface area contributed by atoms with Crippen LogP contribution in [0.4, 0.5) is 5.82 Å². The summed E-state index contributed by atoms with van der Waals surface area (Å²) in [6.45, 7) is 3.74. The molecule has 2 heterocycles. The Morgan fingerprint density at radius 3 is 2.94 bits per heavy atom. The Kier molecular flexibility index (Phi) is 4.14. The second-order valence-electron chi connectivity index (χ2n) is 4.61. The minimum absolute atomic E-state index is 0.00817. The molecule has 0 aliphatic carbocycles. The van der Waals surface area contributed by atoms with Gasteiger partial charge in [-0.1, -0.05) is 18.5 Å². The number of rotatable bonds is 3. The Hall–Kier alpha value is -1.20. The van der Waals surface area contributed by atoms with Crippen molar-refractivity contribution in [2.75, 3.05) is 18.4 Å². The molecule has 6 heteroatoms. The van der Waals surface area contributed by atoms with Crippen LogP contribution in [0, 0.1) is 5.41 Å². The lowest BCUT2D eigenvalue weighted by molar-refractivity contribution is -0.126. The second-order valence-corrected chi connectivity index (χ2v) is 5.00. The number of carbonyl (C=O) groups excluding carboxylic acids is 1. The van der Waals surface area contributed by atoms with Crippen molar-refractivity contribution in [2.45, 2.75) is 26.2 Å². The second kappa shape index (κ2) is 5.63. The zero-order chi connectivity index (χ0) is 13.0. The van der Waals surface area contributed by atoms with E-state index in [0.29, 0.717) is 11.0 Å². The Balaban J connectivity index is 2.07. The van der Waals surface area contributed by atoms with Gasteiger partial charge in [0.15, 0.2) is 11.0 Å². The molecule has 1 fully saturated rings. The van der Waals surface area contributed by atoms with Crippen LogP contribution in [0.25, 0.3) is 0 Å². The van der Waals surface area contributed by atoms with Gasteiger partial charge < -0.3 is 10.6 Å². The zero-order valence-electron chi connectivity index (χ0n) is 10.4. The smallest absolute Gasteiger partial charge is 0.233 e. The monoisotopic (exact) mass is 268 g/mol. The zero-order valence-corrected chi connectivity index (χ0v) is 11.1. The van der Waals surface area contributed by atoms with Crippen molar-refractivity contribution < 1.29 is 4.79 Å². The summed E-state index contributed by atoms with van der Waals surface area (Å²) < 4.78 is 0. The molecule has 2 rings (SSSR count). The molecule has 1 saturated heterocycles. The Morgan fingerprint density at radius 2 is 2.39 bits per heavy atom. The van der Waals surface area contributed by atoms with Crippen LogP contribution in [0.5, 0.6) is 0 Å². The van der Waals surface area contributed by atoms with Gasteiger partial charge in [0.05, 0.1) is 5.41 Å². The summed E-state index contributed by atoms with van der Waals surface area (Å²) in [4.78, 5) is 12.4. The van der Waals surface area contributed by atoms with Crippen LogP contribution in [-0.2, 0) is 4.79 Å². The number of amides is 1. The number of nitrogens with zero attached hydrogens (tertiary/aromatic N) is 2. The normalized spacial score (nSPS) is 23.7. The summed E-state index contributed by atoms with van der Waals surface area (Å²) in [5.41, 5.74) is -0.334. The van der Waals surface area contributed by atoms with E-state index in [1.165, 1.54) is 0 Å². The summed E-state index contributed by atoms with van der Waals surface area (Å²) >= 11 is 5.66. The third-order valence-electron chi connectivity index (χ3n) is 3.50. The fraction of sp³-hybridized carbons (Fsp3) is 0.583. The number of hydrogen-bond donors (Lipinski definition) is 2. The van der Waals surface area contributed by atoms with Gasteiger partial charge in [-0.3, -0.25) is 4.79 Å². The highest BCUT2D eigenvalue weighted by Gasteiger charge is 2.37. The highest BCUT2D eigenvalue weighted by atomic mass is 35.5. The van der Waals surface area contributed by atoms with Gasteiger partial charge >= 0.3 is 0 Å². The standard InChI is InChI=1S/C12H17ClN4O/c1-2-12(6-3-7-14-8-12)11(18)15-10-5-4-9(13)16-17-10/h4-5,14H,2-3,6-8H2,1H3,(H,15,17,18). The Morgan fingerprint density at radius 1 is 1.56 bits per heavy atom. The van der Waals surface area contributed by atoms with Crippen molar-refractivity contribution in [1.82, 2.24) is 15.5 Å². The molecule has 1 unspecified atom stereocenters. The van der Waals surface area contributed by atoms with Gasteiger partial charge in [-0.15, -0.1) is 10.2 Å². The molecular weight excluding hydrogens is 252 g/mol. The van der Waals surface area contributed by atoms with Gasteiger partial charge in [0.1, 0.15) is 0 Å². The minimum Gasteiger partial charge on any atom is -0.316 e. The van der Waals surface area contributed by atoms with Crippen molar-refractivity contribution in [3.05, 3.63) is 17.3 Å². The maximum atomic E-state index is 12.4. The number of aromatic nitrogens is 2. The number of halogens is 1. The van der Waals surface area contributed by atoms with E-state index in [9.17, 15) is 4.79 Å². The van der Waals surface area contributed by atoms with Crippen LogP contribution in [0.3, 0.4) is 0 Å². The molecule has 1 atom stereocenters. The summed E-state index contributed by atoms with van der Waals surface area (Å²) in [5, 5.41) is 14.0. The first-order valence-electron chi connectivity index (χ1n) is 6.18. The topological polar surface area (TPSA) is 66.9 Å². The largest absolute Gasteiger partial charge is 0.316 e. The molecule has 0 aromatic carbocycles. The van der Waals surface area contributed by atoms with Crippen molar-refractivity contribution in [1.29, 1.82) is 0 Å². The van der Waals surface area contributed by atoms with Crippen LogP contribution in [-0.4, -0.2) is 29.2 Å². The molecular formula is C12H17ClN4O. The van der Waals surface area contributed by atoms with E-state index >= 15 is 0 Å². The SMILES string of the molecule is CCC1(C(=O)Nc2ccc(Cl)nn2)CCCNC1. The number of piperidine rings is 1. The molecule has 1 amide bonds. The van der Waals surface area contributed by atoms with Gasteiger partial charge in [-0.25, -0.2) is 0 Å². The molecule has 2 N–H and O–H groups in total. The summed E-state index contributed by atoms with van der Waals surface area (Å²) in [7, 11) is 0. The third-order valence-corrected chi connectivity index (χ3v) is 3.71. The molecule has 0 spiro atoms. The lowest BCUT2D eigenvalue weighted by Crippen LogP contribution is -2.47. The van der Waals surface area contributed by atoms with Crippen molar-refractivity contribution >= 4 is 23.3 Å². The molecule has 1 aromatic heterocycles. The number of carbonyl (C=O) groups is 1. The number of nitrogens with one attached hydrogen (secondary N) is 2. The van der Waals surface area contributed by atoms with Crippen LogP contribution >= 0.6 is 11.6 Å². The molecule has 1 aliphatic heterocycles. The predicted octanol–water partition coefficient (Wildman–Crippen LogP) is 1.85. The molecule has 0 radical (unpaired) electrons. The van der Waals surface area contributed by atoms with E-state index in [2.05, 4.69) is 20.8 Å². The van der Waals surface area contributed by atoms with E-state index < -0.39 is 0 Å². The first-order chi connectivity index (χ1) is 8.66. The lowest BCUT2D eigenvalue weighted by Gasteiger charge is -2.35. The summed E-state index contributed by atoms with van der Waals surface area (Å²) in [6, 6.07) is 3.27. The minimum atomic E-state index is -0.334. The average Bonchev–Trinajstić information content (AvgIpc) is 2.42. The summed E-state index contributed by atoms with van der Waals surface area (Å²) in [6.07, 6.45) is 2.74. The molecule has 5 nitrogen and oxygen atoms in total. The fourth-order valence-corrected chi connectivity index (χ4v) is 2.36. The van der Waals surface area contributed by atoms with Gasteiger partial charge in [0.2, 0.25) is 5.91 Å². The molecule has 18 heavy (non-hydrogen) atoms. The highest BCUT2D eigenvalue weighted by Crippen LogP contribution is 2.31. The Labute approximate surface area is 111 Å². The van der Waals surface area contributed by atoms with Gasteiger partial charge in [0, 0.05) is 6.54 Å². The van der Waals surface area contributed by atoms with E-state index in [1.807, 2.05) is 6.92 Å². The number of hydrogen-bond acceptors (Lipinski definition) is 4. The first-order valence-corrected chi connectivity index (χ1v) is 6.55. The molecule has 1 aromatic rings. The van der Waals surface area contributed by atoms with Crippen molar-refractivity contribution in [3.8, 4) is 0 Å². The lowest BCUT2D eigenvalue weighted by atomic mass is 9.77. The first kappa shape index (κ1) is 13.2. The number of anilines is 1. The molecule has 98 valence electrons. The predicted molar refractivity (Wildman–Crippen MR) is 70.5 cm³/mol. The maximum Gasteiger partial charge on any atom is 0.233 e. The Bertz CT molecular complexity index is 415. The molecule has 1 aliphatic rings. The van der Waals surface area contributed by atoms with Crippen molar-refractivity contribution in [3.63, 3.8) is 0 Å². The van der Waals surface area contributed by atoms with Gasteiger partial charge in [-0.2, -0.15) is 0 Å². The van der Waals surface area contributed by atoms with E-state index in [4.69, 9.17) is 11.6 Å². The van der Waals surface area contributed by atoms with Crippen LogP contribution in [0.2, 0.25) is 5.15 Å². The van der Waals surface area contributed by atoms with E-state index in [0.717, 1.165) is 32.4 Å². The third kappa shape index (κ3) is 2.79. The maximum absolute atomic E-state index is 12.4. The van der Waals surface area contributed by atoms with Gasteiger partial charge in [-0.05, 0) is 37.9 Å². The van der Waals surface area contributed by atoms with Crippen LogP contribution < -0.4 is 10.6 Å². The fourth-order valence-electron chi connectivity index (χ4n) is 2.26.